The maximum atomic E-state index is 10.4. The molecule has 1 fully saturated rings. The maximum absolute atomic E-state index is 10.4. The predicted octanol–water partition coefficient (Wildman–Crippen LogP) is 2.26. The Hall–Kier alpha value is -1.06. The zero-order valence-corrected chi connectivity index (χ0v) is 10.6. The van der Waals surface area contributed by atoms with Crippen LogP contribution in [0.3, 0.4) is 0 Å². The lowest BCUT2D eigenvalue weighted by Crippen LogP contribution is -2.42. The summed E-state index contributed by atoms with van der Waals surface area (Å²) < 4.78 is 5.27. The first-order valence-corrected chi connectivity index (χ1v) is 6.21. The zero-order chi connectivity index (χ0) is 12.3. The number of aliphatic hydroxyl groups is 1. The Morgan fingerprint density at radius 2 is 2.00 bits per heavy atom. The van der Waals surface area contributed by atoms with E-state index in [1.807, 2.05) is 6.07 Å². The third-order valence-electron chi connectivity index (χ3n) is 3.64. The molecule has 1 aromatic rings. The van der Waals surface area contributed by atoms with Gasteiger partial charge in [-0.2, -0.15) is 0 Å². The van der Waals surface area contributed by atoms with Crippen LogP contribution in [0.5, 0.6) is 0 Å². The van der Waals surface area contributed by atoms with Crippen molar-refractivity contribution >= 4 is 5.69 Å². The van der Waals surface area contributed by atoms with E-state index < -0.39 is 5.60 Å². The molecule has 0 unspecified atom stereocenters. The quantitative estimate of drug-likeness (QED) is 0.844. The van der Waals surface area contributed by atoms with Crippen LogP contribution in [0.1, 0.15) is 24.0 Å². The summed E-state index contributed by atoms with van der Waals surface area (Å²) in [4.78, 5) is 0. The highest BCUT2D eigenvalue weighted by molar-refractivity contribution is 5.53. The van der Waals surface area contributed by atoms with Crippen molar-refractivity contribution < 1.29 is 9.84 Å². The Labute approximate surface area is 103 Å². The van der Waals surface area contributed by atoms with Gasteiger partial charge in [0, 0.05) is 38.3 Å². The third-order valence-corrected chi connectivity index (χ3v) is 3.64. The van der Waals surface area contributed by atoms with E-state index in [1.165, 1.54) is 11.1 Å². The van der Waals surface area contributed by atoms with Crippen LogP contribution in [0.25, 0.3) is 0 Å². The summed E-state index contributed by atoms with van der Waals surface area (Å²) in [6, 6.07) is 6.20. The molecule has 0 atom stereocenters. The number of nitrogens with one attached hydrogen (secondary N) is 1. The highest BCUT2D eigenvalue weighted by atomic mass is 16.5. The van der Waals surface area contributed by atoms with Gasteiger partial charge in [-0.05, 0) is 31.0 Å². The molecule has 0 aromatic heterocycles. The lowest BCUT2D eigenvalue weighted by molar-refractivity contribution is -0.0543. The van der Waals surface area contributed by atoms with Gasteiger partial charge in [-0.15, -0.1) is 0 Å². The first-order chi connectivity index (χ1) is 8.11. The summed E-state index contributed by atoms with van der Waals surface area (Å²) in [6.07, 6.45) is 1.43. The monoisotopic (exact) mass is 235 g/mol. The van der Waals surface area contributed by atoms with Crippen LogP contribution in [0.2, 0.25) is 0 Å². The van der Waals surface area contributed by atoms with E-state index in [0.717, 1.165) is 5.69 Å². The van der Waals surface area contributed by atoms with E-state index in [1.54, 1.807) is 0 Å². The van der Waals surface area contributed by atoms with Crippen molar-refractivity contribution in [2.45, 2.75) is 32.3 Å². The molecule has 0 aliphatic carbocycles. The smallest absolute Gasteiger partial charge is 0.0863 e. The Morgan fingerprint density at radius 3 is 2.71 bits per heavy atom. The summed E-state index contributed by atoms with van der Waals surface area (Å²) in [5.74, 6) is 0. The van der Waals surface area contributed by atoms with Crippen LogP contribution in [-0.2, 0) is 4.74 Å². The van der Waals surface area contributed by atoms with Crippen LogP contribution in [-0.4, -0.2) is 30.5 Å². The van der Waals surface area contributed by atoms with Crippen LogP contribution in [0.4, 0.5) is 5.69 Å². The lowest BCUT2D eigenvalue weighted by atomic mass is 9.94. The van der Waals surface area contributed by atoms with E-state index >= 15 is 0 Å². The number of benzene rings is 1. The van der Waals surface area contributed by atoms with Crippen LogP contribution in [0.15, 0.2) is 18.2 Å². The van der Waals surface area contributed by atoms with Gasteiger partial charge in [0.1, 0.15) is 0 Å². The van der Waals surface area contributed by atoms with Gasteiger partial charge in [-0.3, -0.25) is 0 Å². The van der Waals surface area contributed by atoms with E-state index in [4.69, 9.17) is 4.74 Å². The van der Waals surface area contributed by atoms with E-state index in [2.05, 4.69) is 31.3 Å². The minimum atomic E-state index is -0.617. The number of ether oxygens (including phenoxy) is 1. The molecule has 3 nitrogen and oxygen atoms in total. The lowest BCUT2D eigenvalue weighted by Gasteiger charge is -2.32. The summed E-state index contributed by atoms with van der Waals surface area (Å²) in [7, 11) is 0. The molecule has 1 aliphatic heterocycles. The second-order valence-corrected chi connectivity index (χ2v) is 4.94. The minimum Gasteiger partial charge on any atom is -0.388 e. The number of anilines is 1. The highest BCUT2D eigenvalue weighted by Crippen LogP contribution is 2.23. The molecule has 2 rings (SSSR count). The molecule has 1 aromatic carbocycles. The standard InChI is InChI=1S/C14H21NO2/c1-11-4-3-5-13(12(11)2)15-10-14(16)6-8-17-9-7-14/h3-5,15-16H,6-10H2,1-2H3. The molecule has 0 bridgehead atoms. The third kappa shape index (κ3) is 2.99. The van der Waals surface area contributed by atoms with Crippen molar-refractivity contribution in [3.63, 3.8) is 0 Å². The molecule has 17 heavy (non-hydrogen) atoms. The number of aryl methyl sites for hydroxylation is 1. The number of hydrogen-bond acceptors (Lipinski definition) is 3. The summed E-state index contributed by atoms with van der Waals surface area (Å²) in [6.45, 7) is 6.12. The van der Waals surface area contributed by atoms with E-state index in [0.29, 0.717) is 32.6 Å². The van der Waals surface area contributed by atoms with Crippen LogP contribution >= 0.6 is 0 Å². The first kappa shape index (κ1) is 12.4. The van der Waals surface area contributed by atoms with Gasteiger partial charge in [0.2, 0.25) is 0 Å². The van der Waals surface area contributed by atoms with Gasteiger partial charge in [0.05, 0.1) is 5.60 Å². The molecule has 0 radical (unpaired) electrons. The van der Waals surface area contributed by atoms with Crippen molar-refractivity contribution in [1.29, 1.82) is 0 Å². The summed E-state index contributed by atoms with van der Waals surface area (Å²) in [5, 5.41) is 13.7. The number of hydrogen-bond donors (Lipinski definition) is 2. The Bertz CT molecular complexity index is 384. The van der Waals surface area contributed by atoms with Gasteiger partial charge < -0.3 is 15.2 Å². The molecule has 1 heterocycles. The topological polar surface area (TPSA) is 41.5 Å². The van der Waals surface area contributed by atoms with E-state index in [-0.39, 0.29) is 0 Å². The Balaban J connectivity index is 1.99. The van der Waals surface area contributed by atoms with Gasteiger partial charge in [-0.1, -0.05) is 12.1 Å². The van der Waals surface area contributed by atoms with Crippen molar-refractivity contribution in [2.24, 2.45) is 0 Å². The highest BCUT2D eigenvalue weighted by Gasteiger charge is 2.29. The predicted molar refractivity (Wildman–Crippen MR) is 69.4 cm³/mol. The molecule has 1 saturated heterocycles. The van der Waals surface area contributed by atoms with Crippen LogP contribution < -0.4 is 5.32 Å². The van der Waals surface area contributed by atoms with Gasteiger partial charge in [-0.25, -0.2) is 0 Å². The van der Waals surface area contributed by atoms with Gasteiger partial charge in [0.15, 0.2) is 0 Å². The average molecular weight is 235 g/mol. The summed E-state index contributed by atoms with van der Waals surface area (Å²) >= 11 is 0. The largest absolute Gasteiger partial charge is 0.388 e. The normalized spacial score (nSPS) is 19.0. The molecule has 0 amide bonds. The fraction of sp³-hybridized carbons (Fsp3) is 0.571. The van der Waals surface area contributed by atoms with Gasteiger partial charge >= 0.3 is 0 Å². The van der Waals surface area contributed by atoms with Crippen molar-refractivity contribution in [3.05, 3.63) is 29.3 Å². The molecule has 94 valence electrons. The van der Waals surface area contributed by atoms with Crippen LogP contribution in [0, 0.1) is 13.8 Å². The van der Waals surface area contributed by atoms with Crippen molar-refractivity contribution in [1.82, 2.24) is 0 Å². The molecule has 0 saturated carbocycles. The molecular weight excluding hydrogens is 214 g/mol. The van der Waals surface area contributed by atoms with Crippen molar-refractivity contribution in [3.8, 4) is 0 Å². The SMILES string of the molecule is Cc1cccc(NCC2(O)CCOCC2)c1C. The molecular formula is C14H21NO2. The maximum Gasteiger partial charge on any atom is 0.0863 e. The molecule has 1 aliphatic rings. The van der Waals surface area contributed by atoms with Gasteiger partial charge in [0.25, 0.3) is 0 Å². The molecule has 0 spiro atoms. The average Bonchev–Trinajstić information content (AvgIpc) is 2.32. The molecule has 2 N–H and O–H groups in total. The first-order valence-electron chi connectivity index (χ1n) is 6.21. The summed E-state index contributed by atoms with van der Waals surface area (Å²) in [5.41, 5.74) is 3.02. The van der Waals surface area contributed by atoms with Crippen molar-refractivity contribution in [2.75, 3.05) is 25.1 Å². The molecule has 3 heteroatoms. The van der Waals surface area contributed by atoms with E-state index in [9.17, 15) is 5.11 Å². The minimum absolute atomic E-state index is 0.598. The fourth-order valence-corrected chi connectivity index (χ4v) is 2.13. The second-order valence-electron chi connectivity index (χ2n) is 4.94. The Kier molecular flexibility index (Phi) is 3.69. The Morgan fingerprint density at radius 1 is 1.29 bits per heavy atom. The number of rotatable bonds is 3. The fourth-order valence-electron chi connectivity index (χ4n) is 2.13. The second kappa shape index (κ2) is 5.07. The zero-order valence-electron chi connectivity index (χ0n) is 10.6.